The second kappa shape index (κ2) is 23.4. The van der Waals surface area contributed by atoms with Gasteiger partial charge in [0.25, 0.3) is 0 Å². The van der Waals surface area contributed by atoms with Gasteiger partial charge in [-0.15, -0.1) is 0 Å². The zero-order chi connectivity index (χ0) is 63.8. The second-order valence-corrected chi connectivity index (χ2v) is 33.2. The van der Waals surface area contributed by atoms with E-state index in [0.717, 1.165) is 36.4 Å². The Morgan fingerprint density at radius 1 is 0.367 bits per heavy atom. The molecule has 3 aliphatic carbocycles. The summed E-state index contributed by atoms with van der Waals surface area (Å²) >= 11 is 17.9. The molecule has 0 N–H and O–H groups in total. The van der Waals surface area contributed by atoms with Crippen molar-refractivity contribution in [2.24, 2.45) is 35.5 Å². The Morgan fingerprint density at radius 2 is 0.600 bits per heavy atom. The molecule has 6 aliphatic heterocycles. The average molecular weight is 1360 g/mol. The molecule has 6 aromatic rings. The SMILES string of the molecule is C[C@H]1C[C@@H]2[C@@H](CC[C@@]3(S(=O)(=O)c4ccc(Cl)cc4)c4c(F)ccc(F)c4OC[C@@H]23)O1.C[C@H]1C[C@@H]2[C@@H](CC[C@@]3(S(=O)(=O)c4ccc(Cl)cc4)c4c(F)ccc(F)c4OC[C@@H]23)O1.C[C@H]1C[C@@H]2[C@@H](CC[C@@]3(S(=O)(=O)c4ccc(Cl)cc4)c4c(F)ccc(F)c4OC[C@@H]23)O1. The van der Waals surface area contributed by atoms with E-state index in [-0.39, 0.29) is 142 Å². The van der Waals surface area contributed by atoms with Gasteiger partial charge in [0, 0.05) is 32.8 Å². The summed E-state index contributed by atoms with van der Waals surface area (Å²) in [6.45, 7) is 5.84. The molecule has 0 amide bonds. The van der Waals surface area contributed by atoms with Crippen LogP contribution in [0.15, 0.2) is 124 Å². The van der Waals surface area contributed by atoms with Crippen LogP contribution in [-0.4, -0.2) is 81.7 Å². The standard InChI is InChI=1S/3C22H21ClF2O4S/c3*1-12-10-15-16-11-28-21-18(25)7-6-17(24)20(21)22(16,9-8-19(15)29-12)30(26,27)14-4-2-13(23)3-5-14/h3*2-7,12,15-16,19H,8-11H2,1H3/t3*12-,15-,16-,19+,22-/m000/s1. The zero-order valence-electron chi connectivity index (χ0n) is 48.8. The monoisotopic (exact) mass is 1360 g/mol. The number of ether oxygens (including phenoxy) is 6. The summed E-state index contributed by atoms with van der Waals surface area (Å²) in [4.78, 5) is 0.122. The Hall–Kier alpha value is -5.10. The van der Waals surface area contributed by atoms with E-state index in [1.165, 1.54) is 72.8 Å². The minimum absolute atomic E-state index is 0.00254. The lowest BCUT2D eigenvalue weighted by Crippen LogP contribution is -2.56. The molecule has 12 nitrogen and oxygen atoms in total. The van der Waals surface area contributed by atoms with Crippen LogP contribution < -0.4 is 14.2 Å². The molecule has 24 heteroatoms. The van der Waals surface area contributed by atoms with Gasteiger partial charge in [-0.05, 0) is 206 Å². The first-order chi connectivity index (χ1) is 42.8. The first kappa shape index (κ1) is 63.6. The Morgan fingerprint density at radius 3 is 0.844 bits per heavy atom. The summed E-state index contributed by atoms with van der Waals surface area (Å²) < 4.78 is 204. The van der Waals surface area contributed by atoms with Crippen LogP contribution in [0, 0.1) is 70.4 Å². The van der Waals surface area contributed by atoms with Crippen molar-refractivity contribution in [2.45, 2.75) is 144 Å². The van der Waals surface area contributed by atoms with Gasteiger partial charge in [0.05, 0.1) is 87.8 Å². The maximum absolute atomic E-state index is 15.2. The predicted octanol–water partition coefficient (Wildman–Crippen LogP) is 14.7. The topological polar surface area (TPSA) is 158 Å². The van der Waals surface area contributed by atoms with Gasteiger partial charge >= 0.3 is 0 Å². The second-order valence-electron chi connectivity index (χ2n) is 25.3. The molecule has 3 saturated carbocycles. The minimum Gasteiger partial charge on any atom is -0.490 e. The Kier molecular flexibility index (Phi) is 16.6. The molecule has 15 rings (SSSR count). The fraction of sp³-hybridized carbons (Fsp3) is 0.455. The molecule has 15 atom stereocenters. The lowest BCUT2D eigenvalue weighted by Gasteiger charge is -2.50. The van der Waals surface area contributed by atoms with E-state index in [2.05, 4.69) is 0 Å². The van der Waals surface area contributed by atoms with Crippen molar-refractivity contribution in [2.75, 3.05) is 19.8 Å². The number of rotatable bonds is 6. The first-order valence-corrected chi connectivity index (χ1v) is 35.7. The summed E-state index contributed by atoms with van der Waals surface area (Å²) in [5.41, 5.74) is -0.565. The van der Waals surface area contributed by atoms with Crippen molar-refractivity contribution in [1.29, 1.82) is 0 Å². The maximum Gasteiger partial charge on any atom is 0.188 e. The molecule has 0 spiro atoms. The van der Waals surface area contributed by atoms with Crippen LogP contribution in [0.3, 0.4) is 0 Å². The highest BCUT2D eigenvalue weighted by molar-refractivity contribution is 7.93. The lowest BCUT2D eigenvalue weighted by atomic mass is 9.66. The summed E-state index contributed by atoms with van der Waals surface area (Å²) in [6, 6.07) is 23.4. The molecular weight excluding hydrogens is 1300 g/mol. The Bertz CT molecular complexity index is 3740. The van der Waals surface area contributed by atoms with Gasteiger partial charge in [0.2, 0.25) is 0 Å². The third-order valence-corrected chi connectivity index (χ3v) is 29.1. The molecule has 0 aromatic heterocycles. The lowest BCUT2D eigenvalue weighted by molar-refractivity contribution is -0.0175. The highest BCUT2D eigenvalue weighted by Gasteiger charge is 2.67. The molecule has 480 valence electrons. The van der Waals surface area contributed by atoms with Gasteiger partial charge in [0.1, 0.15) is 31.7 Å². The van der Waals surface area contributed by atoms with Crippen molar-refractivity contribution >= 4 is 64.3 Å². The number of hydrogen-bond acceptors (Lipinski definition) is 12. The minimum atomic E-state index is -4.11. The van der Waals surface area contributed by atoms with Gasteiger partial charge in [-0.1, -0.05) is 34.8 Å². The van der Waals surface area contributed by atoms with Gasteiger partial charge in [0.15, 0.2) is 64.2 Å². The molecule has 6 fully saturated rings. The normalized spacial score (nSPS) is 32.7. The van der Waals surface area contributed by atoms with E-state index < -0.39 is 96.4 Å². The average Bonchev–Trinajstić information content (AvgIpc) is 1.03. The van der Waals surface area contributed by atoms with Crippen LogP contribution in [0.25, 0.3) is 0 Å². The smallest absolute Gasteiger partial charge is 0.188 e. The molecule has 9 aliphatic rings. The van der Waals surface area contributed by atoms with Crippen molar-refractivity contribution in [3.8, 4) is 17.2 Å². The van der Waals surface area contributed by atoms with Gasteiger partial charge in [-0.3, -0.25) is 0 Å². The summed E-state index contributed by atoms with van der Waals surface area (Å²) in [6.07, 6.45) is 3.33. The molecule has 6 aromatic carbocycles. The number of halogens is 9. The largest absolute Gasteiger partial charge is 0.490 e. The van der Waals surface area contributed by atoms with Gasteiger partial charge in [-0.2, -0.15) is 0 Å². The van der Waals surface area contributed by atoms with Gasteiger partial charge < -0.3 is 28.4 Å². The summed E-state index contributed by atoms with van der Waals surface area (Å²) in [7, 11) is -12.3. The van der Waals surface area contributed by atoms with Crippen LogP contribution in [0.2, 0.25) is 15.1 Å². The molecule has 3 saturated heterocycles. The van der Waals surface area contributed by atoms with Crippen LogP contribution in [-0.2, 0) is 58.0 Å². The van der Waals surface area contributed by atoms with Crippen LogP contribution >= 0.6 is 34.8 Å². The Labute approximate surface area is 533 Å². The molecule has 0 radical (unpaired) electrons. The van der Waals surface area contributed by atoms with Gasteiger partial charge in [-0.25, -0.2) is 51.6 Å². The molecule has 90 heavy (non-hydrogen) atoms. The molecule has 0 bridgehead atoms. The number of hydrogen-bond donors (Lipinski definition) is 0. The van der Waals surface area contributed by atoms with E-state index in [4.69, 9.17) is 63.2 Å². The van der Waals surface area contributed by atoms with Crippen molar-refractivity contribution in [3.05, 3.63) is 176 Å². The number of fused-ring (bicyclic) bond motifs is 15. The van der Waals surface area contributed by atoms with Crippen molar-refractivity contribution in [1.82, 2.24) is 0 Å². The van der Waals surface area contributed by atoms with Crippen molar-refractivity contribution < 1.29 is 80.0 Å². The van der Waals surface area contributed by atoms with E-state index in [1.807, 2.05) is 20.8 Å². The van der Waals surface area contributed by atoms with Crippen molar-refractivity contribution in [3.63, 3.8) is 0 Å². The third-order valence-electron chi connectivity index (χ3n) is 20.7. The van der Waals surface area contributed by atoms with E-state index in [1.54, 1.807) is 0 Å². The van der Waals surface area contributed by atoms with E-state index in [0.29, 0.717) is 53.6 Å². The van der Waals surface area contributed by atoms with Crippen LogP contribution in [0.5, 0.6) is 17.2 Å². The van der Waals surface area contributed by atoms with E-state index >= 15 is 13.2 Å². The Balaban J connectivity index is 0.000000124. The third kappa shape index (κ3) is 9.83. The zero-order valence-corrected chi connectivity index (χ0v) is 53.5. The number of sulfone groups is 3. The quantitative estimate of drug-likeness (QED) is 0.146. The fourth-order valence-corrected chi connectivity index (χ4v) is 24.6. The fourth-order valence-electron chi connectivity index (χ4n) is 17.1. The predicted molar refractivity (Wildman–Crippen MR) is 322 cm³/mol. The highest BCUT2D eigenvalue weighted by Crippen LogP contribution is 2.64. The number of benzene rings is 6. The molecule has 6 heterocycles. The van der Waals surface area contributed by atoms with Crippen LogP contribution in [0.1, 0.15) is 95.2 Å². The van der Waals surface area contributed by atoms with E-state index in [9.17, 15) is 38.4 Å². The first-order valence-electron chi connectivity index (χ1n) is 30.1. The summed E-state index contributed by atoms with van der Waals surface area (Å²) in [5, 5.41) is 1.19. The van der Waals surface area contributed by atoms with Crippen LogP contribution in [0.4, 0.5) is 26.3 Å². The molecule has 0 unspecified atom stereocenters. The highest BCUT2D eigenvalue weighted by atomic mass is 35.5. The summed E-state index contributed by atoms with van der Waals surface area (Å²) in [5.74, 6) is -7.46. The maximum atomic E-state index is 15.2. The molecular formula is C66H63Cl3F6O12S3.